The van der Waals surface area contributed by atoms with Crippen molar-refractivity contribution in [3.63, 3.8) is 0 Å². The van der Waals surface area contributed by atoms with Crippen LogP contribution in [0.2, 0.25) is 0 Å². The van der Waals surface area contributed by atoms with Gasteiger partial charge in [-0.3, -0.25) is 0 Å². The summed E-state index contributed by atoms with van der Waals surface area (Å²) in [5, 5.41) is 3.37. The molecule has 0 heterocycles. The molecule has 0 amide bonds. The molecule has 0 aliphatic rings. The average Bonchev–Trinajstić information content (AvgIpc) is 2.24. The lowest BCUT2D eigenvalue weighted by Crippen LogP contribution is -2.37. The van der Waals surface area contributed by atoms with Crippen LogP contribution in [0.15, 0.2) is 24.3 Å². The van der Waals surface area contributed by atoms with Gasteiger partial charge in [-0.2, -0.15) is 0 Å². The molecule has 2 heteroatoms. The molecular formula is C13H22N2. The lowest BCUT2D eigenvalue weighted by molar-refractivity contribution is 0.600. The van der Waals surface area contributed by atoms with Gasteiger partial charge in [-0.1, -0.05) is 19.1 Å². The quantitative estimate of drug-likeness (QED) is 0.796. The van der Waals surface area contributed by atoms with Gasteiger partial charge in [0.1, 0.15) is 0 Å². The van der Waals surface area contributed by atoms with Crippen molar-refractivity contribution in [1.82, 2.24) is 5.32 Å². The number of benzene rings is 1. The molecule has 1 aromatic rings. The molecule has 0 aromatic heterocycles. The third-order valence-electron chi connectivity index (χ3n) is 2.76. The van der Waals surface area contributed by atoms with E-state index >= 15 is 0 Å². The summed E-state index contributed by atoms with van der Waals surface area (Å²) in [5.74, 6) is 0. The van der Waals surface area contributed by atoms with Crippen LogP contribution in [0.5, 0.6) is 0 Å². The minimum absolute atomic E-state index is 0.520. The minimum Gasteiger partial charge on any atom is -0.371 e. The first-order valence-corrected chi connectivity index (χ1v) is 5.65. The van der Waals surface area contributed by atoms with Gasteiger partial charge < -0.3 is 10.2 Å². The summed E-state index contributed by atoms with van der Waals surface area (Å²) in [6, 6.07) is 9.15. The average molecular weight is 206 g/mol. The fourth-order valence-corrected chi connectivity index (χ4v) is 1.59. The molecule has 84 valence electrons. The van der Waals surface area contributed by atoms with Crippen molar-refractivity contribution in [3.8, 4) is 0 Å². The van der Waals surface area contributed by atoms with Gasteiger partial charge in [-0.15, -0.1) is 0 Å². The highest BCUT2D eigenvalue weighted by molar-refractivity contribution is 5.48. The zero-order valence-electron chi connectivity index (χ0n) is 10.2. The maximum absolute atomic E-state index is 3.37. The summed E-state index contributed by atoms with van der Waals surface area (Å²) in [4.78, 5) is 2.32. The Morgan fingerprint density at radius 2 is 2.13 bits per heavy atom. The van der Waals surface area contributed by atoms with E-state index in [2.05, 4.69) is 62.3 Å². The van der Waals surface area contributed by atoms with Crippen LogP contribution in [-0.4, -0.2) is 26.2 Å². The highest BCUT2D eigenvalue weighted by Crippen LogP contribution is 2.16. The molecule has 0 aliphatic carbocycles. The summed E-state index contributed by atoms with van der Waals surface area (Å²) >= 11 is 0. The molecule has 1 rings (SSSR count). The van der Waals surface area contributed by atoms with E-state index in [-0.39, 0.29) is 0 Å². The van der Waals surface area contributed by atoms with Crippen LogP contribution < -0.4 is 10.2 Å². The van der Waals surface area contributed by atoms with E-state index < -0.39 is 0 Å². The van der Waals surface area contributed by atoms with E-state index in [0.29, 0.717) is 6.04 Å². The van der Waals surface area contributed by atoms with Crippen LogP contribution in [0.4, 0.5) is 5.69 Å². The first-order chi connectivity index (χ1) is 7.15. The molecule has 0 fully saturated rings. The van der Waals surface area contributed by atoms with E-state index in [4.69, 9.17) is 0 Å². The van der Waals surface area contributed by atoms with E-state index in [1.54, 1.807) is 0 Å². The van der Waals surface area contributed by atoms with Gasteiger partial charge in [0.2, 0.25) is 0 Å². The Hall–Kier alpha value is -1.02. The van der Waals surface area contributed by atoms with Crippen molar-refractivity contribution in [1.29, 1.82) is 0 Å². The Morgan fingerprint density at radius 3 is 2.73 bits per heavy atom. The molecule has 0 aliphatic heterocycles. The molecule has 1 aromatic carbocycles. The van der Waals surface area contributed by atoms with E-state index in [1.807, 2.05) is 0 Å². The van der Waals surface area contributed by atoms with E-state index in [1.165, 1.54) is 11.3 Å². The molecule has 0 radical (unpaired) electrons. The van der Waals surface area contributed by atoms with Gasteiger partial charge >= 0.3 is 0 Å². The largest absolute Gasteiger partial charge is 0.371 e. The Kier molecular flexibility index (Phi) is 4.63. The van der Waals surface area contributed by atoms with Crippen molar-refractivity contribution in [2.45, 2.75) is 26.8 Å². The zero-order chi connectivity index (χ0) is 11.3. The number of aryl methyl sites for hydroxylation is 1. The van der Waals surface area contributed by atoms with Gasteiger partial charge in [0.15, 0.2) is 0 Å². The molecule has 0 bridgehead atoms. The fourth-order valence-electron chi connectivity index (χ4n) is 1.59. The minimum atomic E-state index is 0.520. The van der Waals surface area contributed by atoms with Crippen molar-refractivity contribution in [2.75, 3.05) is 25.0 Å². The number of hydrogen-bond acceptors (Lipinski definition) is 2. The first-order valence-electron chi connectivity index (χ1n) is 5.65. The van der Waals surface area contributed by atoms with Gasteiger partial charge in [0.25, 0.3) is 0 Å². The third-order valence-corrected chi connectivity index (χ3v) is 2.76. The second-order valence-corrected chi connectivity index (χ2v) is 4.11. The number of likely N-dealkylation sites (N-methyl/N-ethyl adjacent to an activating group) is 2. The highest BCUT2D eigenvalue weighted by atomic mass is 15.1. The predicted octanol–water partition coefficient (Wildman–Crippen LogP) is 2.43. The van der Waals surface area contributed by atoms with Gasteiger partial charge in [-0.25, -0.2) is 0 Å². The van der Waals surface area contributed by atoms with Crippen LogP contribution in [0.3, 0.4) is 0 Å². The topological polar surface area (TPSA) is 15.3 Å². The second-order valence-electron chi connectivity index (χ2n) is 4.11. The van der Waals surface area contributed by atoms with E-state index in [0.717, 1.165) is 13.1 Å². The standard InChI is InChI=1S/C13H22N2/c1-5-14-10-12(3)15(4)13-8-6-7-11(2)9-13/h6-9,12,14H,5,10H2,1-4H3. The Labute approximate surface area is 93.3 Å². The predicted molar refractivity (Wildman–Crippen MR) is 67.6 cm³/mol. The number of nitrogens with zero attached hydrogens (tertiary/aromatic N) is 1. The summed E-state index contributed by atoms with van der Waals surface area (Å²) in [7, 11) is 2.15. The van der Waals surface area contributed by atoms with Crippen molar-refractivity contribution in [2.24, 2.45) is 0 Å². The Balaban J connectivity index is 2.62. The third kappa shape index (κ3) is 3.56. The number of anilines is 1. The maximum Gasteiger partial charge on any atom is 0.0383 e. The molecule has 1 N–H and O–H groups in total. The number of rotatable bonds is 5. The summed E-state index contributed by atoms with van der Waals surface area (Å²) in [5.41, 5.74) is 2.61. The normalized spacial score (nSPS) is 12.5. The van der Waals surface area contributed by atoms with Crippen LogP contribution >= 0.6 is 0 Å². The highest BCUT2D eigenvalue weighted by Gasteiger charge is 2.08. The summed E-state index contributed by atoms with van der Waals surface area (Å²) < 4.78 is 0. The van der Waals surface area contributed by atoms with Crippen LogP contribution in [0, 0.1) is 6.92 Å². The smallest absolute Gasteiger partial charge is 0.0383 e. The van der Waals surface area contributed by atoms with Crippen LogP contribution in [-0.2, 0) is 0 Å². The van der Waals surface area contributed by atoms with Crippen LogP contribution in [0.25, 0.3) is 0 Å². The van der Waals surface area contributed by atoms with Gasteiger partial charge in [0.05, 0.1) is 0 Å². The summed E-state index contributed by atoms with van der Waals surface area (Å²) in [6.45, 7) is 8.57. The lowest BCUT2D eigenvalue weighted by atomic mass is 10.2. The van der Waals surface area contributed by atoms with Gasteiger partial charge in [-0.05, 0) is 38.1 Å². The van der Waals surface area contributed by atoms with Crippen molar-refractivity contribution in [3.05, 3.63) is 29.8 Å². The van der Waals surface area contributed by atoms with Gasteiger partial charge in [0, 0.05) is 25.3 Å². The molecule has 1 unspecified atom stereocenters. The van der Waals surface area contributed by atoms with Crippen molar-refractivity contribution < 1.29 is 0 Å². The van der Waals surface area contributed by atoms with E-state index in [9.17, 15) is 0 Å². The fraction of sp³-hybridized carbons (Fsp3) is 0.538. The number of hydrogen-bond donors (Lipinski definition) is 1. The molecule has 1 atom stereocenters. The summed E-state index contributed by atoms with van der Waals surface area (Å²) in [6.07, 6.45) is 0. The first kappa shape index (κ1) is 12.1. The number of nitrogens with one attached hydrogen (secondary N) is 1. The maximum atomic E-state index is 3.37. The Morgan fingerprint density at radius 1 is 1.40 bits per heavy atom. The molecule has 15 heavy (non-hydrogen) atoms. The molecule has 0 saturated carbocycles. The van der Waals surface area contributed by atoms with Crippen LogP contribution in [0.1, 0.15) is 19.4 Å². The Bertz CT molecular complexity index is 296. The zero-order valence-corrected chi connectivity index (χ0v) is 10.2. The molecule has 0 spiro atoms. The van der Waals surface area contributed by atoms with Crippen molar-refractivity contribution >= 4 is 5.69 Å². The second kappa shape index (κ2) is 5.76. The molecule has 0 saturated heterocycles. The molecule has 2 nitrogen and oxygen atoms in total. The lowest BCUT2D eigenvalue weighted by Gasteiger charge is -2.27. The molecular weight excluding hydrogens is 184 g/mol. The monoisotopic (exact) mass is 206 g/mol. The SMILES string of the molecule is CCNCC(C)N(C)c1cccc(C)c1.